The molecular weight excluding hydrogens is 164 g/mol. The van der Waals surface area contributed by atoms with Gasteiger partial charge in [-0.15, -0.1) is 0 Å². The van der Waals surface area contributed by atoms with Gasteiger partial charge in [0.05, 0.1) is 5.56 Å². The molecule has 0 atom stereocenters. The molecule has 0 spiro atoms. The van der Waals surface area contributed by atoms with Crippen molar-refractivity contribution in [2.45, 2.75) is 19.8 Å². The maximum atomic E-state index is 11.6. The number of Topliss-reactive ketones (excluding diaryl/α,β-unsaturated/α-hetero) is 1. The quantitative estimate of drug-likeness (QED) is 0.702. The summed E-state index contributed by atoms with van der Waals surface area (Å²) in [6.07, 6.45) is 1.96. The highest BCUT2D eigenvalue weighted by Crippen LogP contribution is 2.35. The molecule has 0 amide bonds. The highest BCUT2D eigenvalue weighted by Gasteiger charge is 2.31. The van der Waals surface area contributed by atoms with Gasteiger partial charge >= 0.3 is 0 Å². The first-order valence-corrected chi connectivity index (χ1v) is 4.52. The van der Waals surface area contributed by atoms with Crippen LogP contribution in [0.5, 0.6) is 5.75 Å². The minimum absolute atomic E-state index is 0.0949. The molecule has 1 aromatic rings. The van der Waals surface area contributed by atoms with E-state index >= 15 is 0 Å². The summed E-state index contributed by atoms with van der Waals surface area (Å²) in [5, 5.41) is 9.52. The number of ketones is 1. The van der Waals surface area contributed by atoms with Gasteiger partial charge < -0.3 is 5.11 Å². The first-order valence-electron chi connectivity index (χ1n) is 4.52. The third-order valence-electron chi connectivity index (χ3n) is 2.37. The van der Waals surface area contributed by atoms with Crippen LogP contribution in [0.2, 0.25) is 0 Å². The van der Waals surface area contributed by atoms with Crippen LogP contribution in [-0.2, 0) is 0 Å². The van der Waals surface area contributed by atoms with Crippen LogP contribution in [0.1, 0.15) is 28.8 Å². The zero-order valence-corrected chi connectivity index (χ0v) is 7.58. The standard InChI is InChI=1S/C11H12O2/c1-7-2-5-9(10(12)6-7)11(13)8-3-4-8/h2,5-6,8,12H,3-4H2,1H3. The zero-order chi connectivity index (χ0) is 9.42. The van der Waals surface area contributed by atoms with Gasteiger partial charge in [0.15, 0.2) is 5.78 Å². The van der Waals surface area contributed by atoms with E-state index in [1.165, 1.54) is 0 Å². The molecule has 1 saturated carbocycles. The second-order valence-corrected chi connectivity index (χ2v) is 3.66. The summed E-state index contributed by atoms with van der Waals surface area (Å²) in [7, 11) is 0. The average Bonchev–Trinajstić information content (AvgIpc) is 2.85. The summed E-state index contributed by atoms with van der Waals surface area (Å²) in [5.41, 5.74) is 1.46. The topological polar surface area (TPSA) is 37.3 Å². The number of aromatic hydroxyl groups is 1. The average molecular weight is 176 g/mol. The van der Waals surface area contributed by atoms with E-state index in [0.717, 1.165) is 18.4 Å². The molecule has 1 fully saturated rings. The van der Waals surface area contributed by atoms with Crippen molar-refractivity contribution in [3.8, 4) is 5.75 Å². The lowest BCUT2D eigenvalue weighted by atomic mass is 10.0. The van der Waals surface area contributed by atoms with Gasteiger partial charge in [-0.3, -0.25) is 4.79 Å². The lowest BCUT2D eigenvalue weighted by Crippen LogP contribution is -2.01. The van der Waals surface area contributed by atoms with Crippen LogP contribution in [0.25, 0.3) is 0 Å². The highest BCUT2D eigenvalue weighted by atomic mass is 16.3. The number of carbonyl (C=O) groups is 1. The minimum Gasteiger partial charge on any atom is -0.507 e. The Hall–Kier alpha value is -1.31. The van der Waals surface area contributed by atoms with Crippen molar-refractivity contribution in [2.24, 2.45) is 5.92 Å². The molecule has 1 N–H and O–H groups in total. The Labute approximate surface area is 77.2 Å². The number of carbonyl (C=O) groups excluding carboxylic acids is 1. The normalized spacial score (nSPS) is 15.8. The Balaban J connectivity index is 2.33. The summed E-state index contributed by atoms with van der Waals surface area (Å²) in [6, 6.07) is 5.20. The van der Waals surface area contributed by atoms with E-state index in [1.54, 1.807) is 12.1 Å². The molecule has 0 radical (unpaired) electrons. The molecule has 13 heavy (non-hydrogen) atoms. The zero-order valence-electron chi connectivity index (χ0n) is 7.58. The molecule has 0 aromatic heterocycles. The number of rotatable bonds is 2. The van der Waals surface area contributed by atoms with Crippen LogP contribution in [-0.4, -0.2) is 10.9 Å². The van der Waals surface area contributed by atoms with Crippen LogP contribution < -0.4 is 0 Å². The predicted molar refractivity (Wildman–Crippen MR) is 49.9 cm³/mol. The van der Waals surface area contributed by atoms with Crippen molar-refractivity contribution in [3.05, 3.63) is 29.3 Å². The van der Waals surface area contributed by atoms with E-state index in [4.69, 9.17) is 0 Å². The summed E-state index contributed by atoms with van der Waals surface area (Å²) < 4.78 is 0. The number of hydrogen-bond donors (Lipinski definition) is 1. The molecule has 0 saturated heterocycles. The van der Waals surface area contributed by atoms with Gasteiger partial charge in [-0.25, -0.2) is 0 Å². The molecule has 0 heterocycles. The van der Waals surface area contributed by atoms with Gasteiger partial charge in [0.25, 0.3) is 0 Å². The molecule has 0 unspecified atom stereocenters. The van der Waals surface area contributed by atoms with E-state index in [0.29, 0.717) is 5.56 Å². The third-order valence-corrected chi connectivity index (χ3v) is 2.37. The third kappa shape index (κ3) is 1.57. The molecule has 2 rings (SSSR count). The lowest BCUT2D eigenvalue weighted by molar-refractivity contribution is 0.0965. The number of hydrogen-bond acceptors (Lipinski definition) is 2. The lowest BCUT2D eigenvalue weighted by Gasteiger charge is -2.02. The van der Waals surface area contributed by atoms with E-state index in [1.807, 2.05) is 13.0 Å². The van der Waals surface area contributed by atoms with Gasteiger partial charge in [0.2, 0.25) is 0 Å². The van der Waals surface area contributed by atoms with Crippen molar-refractivity contribution in [1.82, 2.24) is 0 Å². The van der Waals surface area contributed by atoms with Crippen molar-refractivity contribution in [2.75, 3.05) is 0 Å². The second-order valence-electron chi connectivity index (χ2n) is 3.66. The smallest absolute Gasteiger partial charge is 0.169 e. The predicted octanol–water partition coefficient (Wildman–Crippen LogP) is 2.29. The maximum absolute atomic E-state index is 11.6. The Morgan fingerprint density at radius 2 is 2.15 bits per heavy atom. The second kappa shape index (κ2) is 2.87. The van der Waals surface area contributed by atoms with Gasteiger partial charge in [0.1, 0.15) is 5.75 Å². The van der Waals surface area contributed by atoms with Crippen LogP contribution in [0.15, 0.2) is 18.2 Å². The van der Waals surface area contributed by atoms with Gasteiger partial charge in [-0.1, -0.05) is 6.07 Å². The molecule has 1 aromatic carbocycles. The molecule has 1 aliphatic rings. The summed E-state index contributed by atoms with van der Waals surface area (Å²) in [4.78, 5) is 11.6. The monoisotopic (exact) mass is 176 g/mol. The maximum Gasteiger partial charge on any atom is 0.169 e. The summed E-state index contributed by atoms with van der Waals surface area (Å²) in [5.74, 6) is 0.392. The molecule has 0 bridgehead atoms. The molecule has 0 aliphatic heterocycles. The van der Waals surface area contributed by atoms with Gasteiger partial charge in [-0.05, 0) is 37.5 Å². The van der Waals surface area contributed by atoms with E-state index < -0.39 is 0 Å². The fourth-order valence-electron chi connectivity index (χ4n) is 1.42. The van der Waals surface area contributed by atoms with E-state index in [-0.39, 0.29) is 17.5 Å². The summed E-state index contributed by atoms with van der Waals surface area (Å²) >= 11 is 0. The van der Waals surface area contributed by atoms with E-state index in [9.17, 15) is 9.90 Å². The Kier molecular flexibility index (Phi) is 1.83. The Morgan fingerprint density at radius 1 is 1.46 bits per heavy atom. The van der Waals surface area contributed by atoms with Crippen molar-refractivity contribution < 1.29 is 9.90 Å². The fraction of sp³-hybridized carbons (Fsp3) is 0.364. The Morgan fingerprint density at radius 3 is 2.69 bits per heavy atom. The van der Waals surface area contributed by atoms with Gasteiger partial charge in [0, 0.05) is 5.92 Å². The Bertz CT molecular complexity index is 351. The first-order chi connectivity index (χ1) is 6.18. The van der Waals surface area contributed by atoms with Crippen molar-refractivity contribution >= 4 is 5.78 Å². The molecule has 1 aliphatic carbocycles. The minimum atomic E-state index is 0.0949. The first kappa shape index (κ1) is 8.30. The summed E-state index contributed by atoms with van der Waals surface area (Å²) in [6.45, 7) is 1.89. The fourth-order valence-corrected chi connectivity index (χ4v) is 1.42. The number of aryl methyl sites for hydroxylation is 1. The molecule has 2 nitrogen and oxygen atoms in total. The highest BCUT2D eigenvalue weighted by molar-refractivity contribution is 6.01. The largest absolute Gasteiger partial charge is 0.507 e. The van der Waals surface area contributed by atoms with Crippen LogP contribution >= 0.6 is 0 Å². The van der Waals surface area contributed by atoms with E-state index in [2.05, 4.69) is 0 Å². The van der Waals surface area contributed by atoms with Crippen LogP contribution in [0, 0.1) is 12.8 Å². The molecule has 2 heteroatoms. The molecule has 68 valence electrons. The number of phenols is 1. The van der Waals surface area contributed by atoms with Crippen LogP contribution in [0.4, 0.5) is 0 Å². The van der Waals surface area contributed by atoms with Crippen LogP contribution in [0.3, 0.4) is 0 Å². The number of phenolic OH excluding ortho intramolecular Hbond substituents is 1. The van der Waals surface area contributed by atoms with Crippen molar-refractivity contribution in [1.29, 1.82) is 0 Å². The SMILES string of the molecule is Cc1ccc(C(=O)C2CC2)c(O)c1. The molecular formula is C11H12O2. The number of benzene rings is 1. The van der Waals surface area contributed by atoms with Gasteiger partial charge in [-0.2, -0.15) is 0 Å². The van der Waals surface area contributed by atoms with Crippen molar-refractivity contribution in [3.63, 3.8) is 0 Å².